The zero-order valence-corrected chi connectivity index (χ0v) is 14.7. The number of thiophene rings is 1. The molecule has 1 aliphatic rings. The van der Waals surface area contributed by atoms with Crippen molar-refractivity contribution in [1.82, 2.24) is 15.3 Å². The number of fused-ring (bicyclic) bond motifs is 1. The summed E-state index contributed by atoms with van der Waals surface area (Å²) in [6.07, 6.45) is 5.14. The van der Waals surface area contributed by atoms with Crippen LogP contribution in [0, 0.1) is 13.8 Å². The molecule has 2 heterocycles. The van der Waals surface area contributed by atoms with Crippen LogP contribution in [0.15, 0.2) is 4.79 Å². The van der Waals surface area contributed by atoms with Crippen LogP contribution in [-0.2, 0) is 11.2 Å². The third-order valence-corrected chi connectivity index (χ3v) is 6.17. The Labute approximate surface area is 139 Å². The van der Waals surface area contributed by atoms with Crippen molar-refractivity contribution in [3.63, 3.8) is 0 Å². The molecular weight excluding hydrogens is 310 g/mol. The van der Waals surface area contributed by atoms with Gasteiger partial charge in [-0.15, -0.1) is 11.3 Å². The van der Waals surface area contributed by atoms with E-state index < -0.39 is 0 Å². The van der Waals surface area contributed by atoms with E-state index in [0.717, 1.165) is 34.5 Å². The standard InChI is InChI=1S/C17H23N3O2S/c1-4-17(8-5-9-17)20-13(21)7-6-12-18-15(22)14-10(2)11(3)23-16(14)19-12/h4-9H2,1-3H3,(H,20,21)(H,18,19,22). The molecular formula is C17H23N3O2S. The predicted molar refractivity (Wildman–Crippen MR) is 93.1 cm³/mol. The largest absolute Gasteiger partial charge is 0.351 e. The van der Waals surface area contributed by atoms with Gasteiger partial charge in [-0.1, -0.05) is 6.92 Å². The summed E-state index contributed by atoms with van der Waals surface area (Å²) < 4.78 is 0. The SMILES string of the molecule is CCC1(NC(=O)CCc2nc3sc(C)c(C)c3c(=O)[nH]2)CCC1. The summed E-state index contributed by atoms with van der Waals surface area (Å²) >= 11 is 1.54. The van der Waals surface area contributed by atoms with E-state index in [9.17, 15) is 9.59 Å². The first-order valence-corrected chi connectivity index (χ1v) is 9.06. The zero-order valence-electron chi connectivity index (χ0n) is 13.9. The van der Waals surface area contributed by atoms with Crippen LogP contribution in [0.1, 0.15) is 55.3 Å². The van der Waals surface area contributed by atoms with Crippen LogP contribution in [0.5, 0.6) is 0 Å². The highest BCUT2D eigenvalue weighted by Crippen LogP contribution is 2.34. The Morgan fingerprint density at radius 3 is 2.74 bits per heavy atom. The number of aromatic amines is 1. The maximum Gasteiger partial charge on any atom is 0.259 e. The first-order valence-electron chi connectivity index (χ1n) is 8.24. The molecule has 2 aromatic heterocycles. The molecule has 0 radical (unpaired) electrons. The highest BCUT2D eigenvalue weighted by Gasteiger charge is 2.36. The molecule has 5 nitrogen and oxygen atoms in total. The summed E-state index contributed by atoms with van der Waals surface area (Å²) in [6, 6.07) is 0. The molecule has 0 unspecified atom stereocenters. The Morgan fingerprint density at radius 2 is 2.13 bits per heavy atom. The van der Waals surface area contributed by atoms with E-state index in [1.54, 1.807) is 0 Å². The lowest BCUT2D eigenvalue weighted by molar-refractivity contribution is -0.124. The van der Waals surface area contributed by atoms with Crippen molar-refractivity contribution < 1.29 is 4.79 Å². The van der Waals surface area contributed by atoms with Crippen molar-refractivity contribution in [2.75, 3.05) is 0 Å². The Balaban J connectivity index is 1.70. The number of rotatable bonds is 5. The normalized spacial score (nSPS) is 16.3. The number of nitrogens with zero attached hydrogens (tertiary/aromatic N) is 1. The molecule has 2 aromatic rings. The van der Waals surface area contributed by atoms with Gasteiger partial charge in [0, 0.05) is 23.3 Å². The molecule has 1 fully saturated rings. The van der Waals surface area contributed by atoms with E-state index in [2.05, 4.69) is 22.2 Å². The number of hydrogen-bond donors (Lipinski definition) is 2. The lowest BCUT2D eigenvalue weighted by Gasteiger charge is -2.42. The molecule has 0 saturated heterocycles. The molecule has 1 saturated carbocycles. The summed E-state index contributed by atoms with van der Waals surface area (Å²) in [5, 5.41) is 3.84. The monoisotopic (exact) mass is 333 g/mol. The molecule has 124 valence electrons. The van der Waals surface area contributed by atoms with Gasteiger partial charge in [-0.3, -0.25) is 9.59 Å². The minimum absolute atomic E-state index is 0.0177. The number of nitrogens with one attached hydrogen (secondary N) is 2. The zero-order chi connectivity index (χ0) is 16.6. The number of H-pyrrole nitrogens is 1. The highest BCUT2D eigenvalue weighted by molar-refractivity contribution is 7.18. The van der Waals surface area contributed by atoms with Gasteiger partial charge in [0.1, 0.15) is 10.7 Å². The Hall–Kier alpha value is -1.69. The van der Waals surface area contributed by atoms with Gasteiger partial charge in [0.05, 0.1) is 5.39 Å². The molecule has 1 aliphatic carbocycles. The molecule has 6 heteroatoms. The quantitative estimate of drug-likeness (QED) is 0.883. The smallest absolute Gasteiger partial charge is 0.259 e. The lowest BCUT2D eigenvalue weighted by Crippen LogP contribution is -2.53. The van der Waals surface area contributed by atoms with Gasteiger partial charge >= 0.3 is 0 Å². The molecule has 0 aromatic carbocycles. The maximum absolute atomic E-state index is 12.2. The van der Waals surface area contributed by atoms with Crippen molar-refractivity contribution in [1.29, 1.82) is 0 Å². The van der Waals surface area contributed by atoms with Crippen LogP contribution in [0.3, 0.4) is 0 Å². The topological polar surface area (TPSA) is 74.8 Å². The van der Waals surface area contributed by atoms with Crippen molar-refractivity contribution in [2.45, 2.75) is 64.8 Å². The molecule has 0 spiro atoms. The minimum atomic E-state index is -0.101. The van der Waals surface area contributed by atoms with Gasteiger partial charge < -0.3 is 10.3 Å². The molecule has 3 rings (SSSR count). The fraction of sp³-hybridized carbons (Fsp3) is 0.588. The second-order valence-corrected chi connectivity index (χ2v) is 7.71. The van der Waals surface area contributed by atoms with Gasteiger partial charge in [-0.2, -0.15) is 0 Å². The van der Waals surface area contributed by atoms with Gasteiger partial charge in [-0.05, 0) is 45.1 Å². The first-order chi connectivity index (χ1) is 10.9. The molecule has 0 bridgehead atoms. The van der Waals surface area contributed by atoms with Crippen LogP contribution in [0.25, 0.3) is 10.2 Å². The Bertz CT molecular complexity index is 796. The number of carbonyl (C=O) groups excluding carboxylic acids is 1. The van der Waals surface area contributed by atoms with E-state index in [1.807, 2.05) is 13.8 Å². The summed E-state index contributed by atoms with van der Waals surface area (Å²) in [5.41, 5.74) is 0.915. The average Bonchev–Trinajstić information content (AvgIpc) is 2.76. The van der Waals surface area contributed by atoms with E-state index in [0.29, 0.717) is 24.1 Å². The fourth-order valence-corrected chi connectivity index (χ4v) is 4.23. The maximum atomic E-state index is 12.2. The van der Waals surface area contributed by atoms with Crippen molar-refractivity contribution in [3.05, 3.63) is 26.6 Å². The molecule has 2 N–H and O–H groups in total. The summed E-state index contributed by atoms with van der Waals surface area (Å²) in [5.74, 6) is 0.644. The van der Waals surface area contributed by atoms with Crippen LogP contribution in [-0.4, -0.2) is 21.4 Å². The predicted octanol–water partition coefficient (Wildman–Crippen LogP) is 2.98. The summed E-state index contributed by atoms with van der Waals surface area (Å²) in [4.78, 5) is 33.6. The van der Waals surface area contributed by atoms with Crippen LogP contribution < -0.4 is 10.9 Å². The van der Waals surface area contributed by atoms with E-state index in [4.69, 9.17) is 0 Å². The fourth-order valence-electron chi connectivity index (χ4n) is 3.18. The Kier molecular flexibility index (Phi) is 4.27. The third-order valence-electron chi connectivity index (χ3n) is 5.07. The number of amides is 1. The third kappa shape index (κ3) is 3.04. The van der Waals surface area contributed by atoms with Crippen molar-refractivity contribution in [2.24, 2.45) is 0 Å². The average molecular weight is 333 g/mol. The minimum Gasteiger partial charge on any atom is -0.351 e. The number of hydrogen-bond acceptors (Lipinski definition) is 4. The lowest BCUT2D eigenvalue weighted by atomic mass is 9.75. The molecule has 0 atom stereocenters. The van der Waals surface area contributed by atoms with Crippen molar-refractivity contribution in [3.8, 4) is 0 Å². The molecule has 1 amide bonds. The van der Waals surface area contributed by atoms with Gasteiger partial charge in [0.2, 0.25) is 5.91 Å². The second-order valence-electron chi connectivity index (χ2n) is 6.51. The van der Waals surface area contributed by atoms with Gasteiger partial charge in [0.15, 0.2) is 0 Å². The summed E-state index contributed by atoms with van der Waals surface area (Å²) in [7, 11) is 0. The molecule has 0 aliphatic heterocycles. The van der Waals surface area contributed by atoms with Gasteiger partial charge in [-0.25, -0.2) is 4.98 Å². The van der Waals surface area contributed by atoms with E-state index in [-0.39, 0.29) is 17.0 Å². The number of aromatic nitrogens is 2. The highest BCUT2D eigenvalue weighted by atomic mass is 32.1. The summed E-state index contributed by atoms with van der Waals surface area (Å²) in [6.45, 7) is 6.06. The first kappa shape index (κ1) is 16.2. The van der Waals surface area contributed by atoms with E-state index >= 15 is 0 Å². The van der Waals surface area contributed by atoms with Crippen LogP contribution >= 0.6 is 11.3 Å². The van der Waals surface area contributed by atoms with Crippen LogP contribution in [0.2, 0.25) is 0 Å². The Morgan fingerprint density at radius 1 is 1.39 bits per heavy atom. The van der Waals surface area contributed by atoms with Crippen LogP contribution in [0.4, 0.5) is 0 Å². The van der Waals surface area contributed by atoms with Crippen molar-refractivity contribution >= 4 is 27.5 Å². The van der Waals surface area contributed by atoms with E-state index in [1.165, 1.54) is 17.8 Å². The number of carbonyl (C=O) groups is 1. The molecule has 23 heavy (non-hydrogen) atoms. The number of aryl methyl sites for hydroxylation is 3. The van der Waals surface area contributed by atoms with Gasteiger partial charge in [0.25, 0.3) is 5.56 Å². The second kappa shape index (κ2) is 6.07.